The molecule has 4 aliphatic heterocycles. The summed E-state index contributed by atoms with van der Waals surface area (Å²) >= 11 is 0. The second kappa shape index (κ2) is 19.0. The van der Waals surface area contributed by atoms with Crippen molar-refractivity contribution in [3.63, 3.8) is 0 Å². The summed E-state index contributed by atoms with van der Waals surface area (Å²) in [5.74, 6) is 1.02. The van der Waals surface area contributed by atoms with Crippen LogP contribution in [0.5, 0.6) is 0 Å². The minimum atomic E-state index is -0.579. The second-order valence-electron chi connectivity index (χ2n) is 28.7. The van der Waals surface area contributed by atoms with E-state index in [0.717, 1.165) is 70.6 Å². The van der Waals surface area contributed by atoms with Crippen LogP contribution in [-0.4, -0.2) is 96.1 Å². The highest BCUT2D eigenvalue weighted by Crippen LogP contribution is 2.66. The van der Waals surface area contributed by atoms with Crippen LogP contribution in [0.4, 0.5) is 0 Å². The monoisotopic (exact) mass is 1060 g/mol. The lowest BCUT2D eigenvalue weighted by molar-refractivity contribution is -0.181. The molecule has 0 amide bonds. The molecule has 0 aromatic heterocycles. The van der Waals surface area contributed by atoms with Crippen molar-refractivity contribution in [2.75, 3.05) is 0 Å². The van der Waals surface area contributed by atoms with Gasteiger partial charge in [0, 0.05) is 46.8 Å². The molecule has 20 atom stereocenters. The molecule has 8 aliphatic carbocycles. The lowest BCUT2D eigenvalue weighted by Crippen LogP contribution is -2.47. The van der Waals surface area contributed by atoms with Gasteiger partial charge >= 0.3 is 47.8 Å². The molecule has 4 heterocycles. The van der Waals surface area contributed by atoms with Crippen molar-refractivity contribution in [2.45, 2.75) is 230 Å². The van der Waals surface area contributed by atoms with E-state index in [2.05, 4.69) is 20.8 Å². The van der Waals surface area contributed by atoms with Gasteiger partial charge in [0.25, 0.3) is 0 Å². The molecule has 0 N–H and O–H groups in total. The third-order valence-electron chi connectivity index (χ3n) is 22.3. The summed E-state index contributed by atoms with van der Waals surface area (Å²) in [5.41, 5.74) is -2.52. The van der Waals surface area contributed by atoms with E-state index in [-0.39, 0.29) is 149 Å². The Bertz CT molecular complexity index is 2370. The summed E-state index contributed by atoms with van der Waals surface area (Å²) in [4.78, 5) is 96.1. The quantitative estimate of drug-likeness (QED) is 0.132. The maximum Gasteiger partial charge on any atom is 0.311 e. The van der Waals surface area contributed by atoms with Gasteiger partial charge in [-0.05, 0) is 138 Å². The van der Waals surface area contributed by atoms with Crippen molar-refractivity contribution in [1.82, 2.24) is 0 Å². The van der Waals surface area contributed by atoms with Gasteiger partial charge < -0.3 is 37.9 Å². The van der Waals surface area contributed by atoms with E-state index in [1.165, 1.54) is 0 Å². The molecular formula is C60H88O16. The lowest BCUT2D eigenvalue weighted by atomic mass is 9.79. The first kappa shape index (κ1) is 56.5. The van der Waals surface area contributed by atoms with E-state index in [4.69, 9.17) is 37.9 Å². The molecule has 12 rings (SSSR count). The highest BCUT2D eigenvalue weighted by molar-refractivity contribution is 5.81. The van der Waals surface area contributed by atoms with Crippen molar-refractivity contribution in [3.8, 4) is 0 Å². The maximum atomic E-state index is 12.3. The Labute approximate surface area is 449 Å². The number of hydrogen-bond acceptors (Lipinski definition) is 16. The molecule has 20 unspecified atom stereocenters. The minimum absolute atomic E-state index is 0.0167. The first-order valence-electron chi connectivity index (χ1n) is 28.9. The van der Waals surface area contributed by atoms with Gasteiger partial charge in [-0.2, -0.15) is 0 Å². The third kappa shape index (κ3) is 8.88. The molecule has 8 bridgehead atoms. The van der Waals surface area contributed by atoms with Crippen LogP contribution in [0, 0.1) is 97.6 Å². The predicted molar refractivity (Wildman–Crippen MR) is 273 cm³/mol. The van der Waals surface area contributed by atoms with Crippen LogP contribution in [0.2, 0.25) is 0 Å². The van der Waals surface area contributed by atoms with Gasteiger partial charge in [0.2, 0.25) is 0 Å². The van der Waals surface area contributed by atoms with Crippen molar-refractivity contribution < 1.29 is 76.3 Å². The number of rotatable bonds is 12. The second-order valence-corrected chi connectivity index (χ2v) is 28.7. The highest BCUT2D eigenvalue weighted by atomic mass is 16.6. The van der Waals surface area contributed by atoms with Gasteiger partial charge in [-0.25, -0.2) is 0 Å². The van der Waals surface area contributed by atoms with Gasteiger partial charge in [0.15, 0.2) is 0 Å². The van der Waals surface area contributed by atoms with Gasteiger partial charge in [0.1, 0.15) is 48.3 Å². The standard InChI is InChI=1S/C16H24O4.2C15H22O4.C14H20O4/c1-6-15(2,3)14(18)20-11-9-7-8-10(16(9,4)5)12(11)19-13(8)17;1-5-14(2,3)13(17)19-11-10-8-6-15(11,4)7-9(8)12(16)18-10;1-5-14(2,3)13(17)18-11-8-6-9-10(7-8)15(11,4)19-12(9)16;1-4-14(2,3)13(16)18-10-7-5-8-9(6-7)12(15)17-11(8)10/h8-12H,6-7H2,1-5H3;2*8-11H,5-7H2,1-4H3;7-11H,4-6H2,1-3H3. The Morgan fingerprint density at radius 2 is 0.947 bits per heavy atom. The first-order valence-corrected chi connectivity index (χ1v) is 28.9. The molecule has 8 saturated carbocycles. The Hall–Kier alpha value is -4.24. The normalized spacial score (nSPS) is 42.2. The molecule has 12 aliphatic rings. The van der Waals surface area contributed by atoms with Crippen molar-refractivity contribution in [2.24, 2.45) is 97.6 Å². The molecule has 76 heavy (non-hydrogen) atoms. The number of fused-ring (bicyclic) bond motifs is 4. The summed E-state index contributed by atoms with van der Waals surface area (Å²) in [6.07, 6.45) is 7.57. The Balaban J connectivity index is 0.000000124. The van der Waals surface area contributed by atoms with Gasteiger partial charge in [0.05, 0.1) is 45.3 Å². The summed E-state index contributed by atoms with van der Waals surface area (Å²) in [6, 6.07) is 0. The zero-order valence-corrected chi connectivity index (χ0v) is 48.2. The molecule has 16 heteroatoms. The van der Waals surface area contributed by atoms with Gasteiger partial charge in [-0.1, -0.05) is 48.5 Å². The fourth-order valence-electron chi connectivity index (χ4n) is 15.6. The molecule has 16 nitrogen and oxygen atoms in total. The summed E-state index contributed by atoms with van der Waals surface area (Å²) in [5, 5.41) is 0. The SMILES string of the molecule is CCC(C)(C)C(=O)OC1C2CC3C(=O)OC1(C)C3C2.CCC(C)(C)C(=O)OC1C2CC3C(=O)OC1C3C2.CCC(C)(C)C(=O)OC1C2OC(=O)C3CC1(C)CC32.CCC(C)(C)C(=O)OC1C2OC(=O)C3CC1C(C)(C)C32. The van der Waals surface area contributed by atoms with E-state index < -0.39 is 27.3 Å². The maximum absolute atomic E-state index is 12.3. The van der Waals surface area contributed by atoms with E-state index in [1.54, 1.807) is 0 Å². The molecule has 0 aromatic rings. The fourth-order valence-corrected chi connectivity index (χ4v) is 15.6. The van der Waals surface area contributed by atoms with Crippen LogP contribution in [0.1, 0.15) is 181 Å². The van der Waals surface area contributed by atoms with Crippen molar-refractivity contribution in [3.05, 3.63) is 0 Å². The number of carbonyl (C=O) groups is 8. The van der Waals surface area contributed by atoms with Crippen LogP contribution in [-0.2, 0) is 76.3 Å². The van der Waals surface area contributed by atoms with E-state index in [0.29, 0.717) is 17.8 Å². The molecule has 12 fully saturated rings. The summed E-state index contributed by atoms with van der Waals surface area (Å²) in [7, 11) is 0. The Morgan fingerprint density at radius 3 is 1.51 bits per heavy atom. The zero-order chi connectivity index (χ0) is 55.9. The smallest absolute Gasteiger partial charge is 0.311 e. The topological polar surface area (TPSA) is 210 Å². The number of carbonyl (C=O) groups excluding carboxylic acids is 8. The van der Waals surface area contributed by atoms with Gasteiger partial charge in [-0.15, -0.1) is 0 Å². The fraction of sp³-hybridized carbons (Fsp3) is 0.867. The molecule has 0 aromatic carbocycles. The zero-order valence-electron chi connectivity index (χ0n) is 48.2. The average molecular weight is 1070 g/mol. The van der Waals surface area contributed by atoms with Gasteiger partial charge in [-0.3, -0.25) is 38.4 Å². The summed E-state index contributed by atoms with van der Waals surface area (Å²) in [6.45, 7) is 31.5. The van der Waals surface area contributed by atoms with Crippen LogP contribution < -0.4 is 0 Å². The first-order chi connectivity index (χ1) is 35.2. The molecule has 0 spiro atoms. The van der Waals surface area contributed by atoms with E-state index in [9.17, 15) is 38.4 Å². The van der Waals surface area contributed by atoms with Crippen molar-refractivity contribution in [1.29, 1.82) is 0 Å². The number of esters is 8. The molecule has 424 valence electrons. The highest BCUT2D eigenvalue weighted by Gasteiger charge is 2.73. The Morgan fingerprint density at radius 1 is 0.474 bits per heavy atom. The van der Waals surface area contributed by atoms with Crippen LogP contribution in [0.25, 0.3) is 0 Å². The minimum Gasteiger partial charge on any atom is -0.458 e. The van der Waals surface area contributed by atoms with E-state index >= 15 is 0 Å². The Kier molecular flexibility index (Phi) is 14.1. The van der Waals surface area contributed by atoms with Crippen LogP contribution >= 0.6 is 0 Å². The van der Waals surface area contributed by atoms with Crippen molar-refractivity contribution >= 4 is 47.8 Å². The predicted octanol–water partition coefficient (Wildman–Crippen LogP) is 9.08. The number of hydrogen-bond donors (Lipinski definition) is 0. The average Bonchev–Trinajstić information content (AvgIpc) is 4.27. The molecule has 0 radical (unpaired) electrons. The molecular weight excluding hydrogens is 977 g/mol. The number of ether oxygens (including phenoxy) is 8. The lowest BCUT2D eigenvalue weighted by Gasteiger charge is -2.36. The summed E-state index contributed by atoms with van der Waals surface area (Å²) < 4.78 is 44.9. The van der Waals surface area contributed by atoms with Crippen LogP contribution in [0.3, 0.4) is 0 Å². The molecule has 4 saturated heterocycles. The third-order valence-corrected chi connectivity index (χ3v) is 22.3. The van der Waals surface area contributed by atoms with E-state index in [1.807, 2.05) is 90.0 Å². The van der Waals surface area contributed by atoms with Crippen LogP contribution in [0.15, 0.2) is 0 Å². The largest absolute Gasteiger partial charge is 0.458 e.